The average molecular weight is 258 g/mol. The highest BCUT2D eigenvalue weighted by molar-refractivity contribution is 9.10. The molecule has 1 aromatic rings. The third-order valence-corrected chi connectivity index (χ3v) is 2.41. The molecular weight excluding hydrogens is 246 g/mol. The van der Waals surface area contributed by atoms with E-state index in [0.29, 0.717) is 24.3 Å². The zero-order chi connectivity index (χ0) is 10.6. The van der Waals surface area contributed by atoms with Crippen molar-refractivity contribution in [2.24, 2.45) is 5.73 Å². The molecule has 1 amide bonds. The Morgan fingerprint density at radius 1 is 1.50 bits per heavy atom. The smallest absolute Gasteiger partial charge is 0.251 e. The standard InChI is InChI=1S/C9H12BrN3O/c10-7-2-1-6(5-8(7)12)9(14)13-4-3-11/h1-2,5H,3-4,11-12H2,(H,13,14). The molecule has 0 aliphatic carbocycles. The molecule has 4 nitrogen and oxygen atoms in total. The first-order valence-electron chi connectivity index (χ1n) is 4.18. The Kier molecular flexibility index (Phi) is 3.91. The topological polar surface area (TPSA) is 81.1 Å². The molecule has 0 bridgehead atoms. The van der Waals surface area contributed by atoms with Crippen molar-refractivity contribution in [2.75, 3.05) is 18.8 Å². The number of rotatable bonds is 3. The quantitative estimate of drug-likeness (QED) is 0.699. The molecule has 0 radical (unpaired) electrons. The number of nitrogens with one attached hydrogen (secondary N) is 1. The normalized spacial score (nSPS) is 9.86. The van der Waals surface area contributed by atoms with Crippen molar-refractivity contribution in [1.82, 2.24) is 5.32 Å². The van der Waals surface area contributed by atoms with Crippen molar-refractivity contribution in [3.63, 3.8) is 0 Å². The zero-order valence-corrected chi connectivity index (χ0v) is 9.17. The van der Waals surface area contributed by atoms with Crippen LogP contribution in [0.15, 0.2) is 22.7 Å². The van der Waals surface area contributed by atoms with Gasteiger partial charge in [-0.05, 0) is 34.1 Å². The maximum absolute atomic E-state index is 11.4. The van der Waals surface area contributed by atoms with Gasteiger partial charge in [0, 0.05) is 28.8 Å². The molecule has 0 heterocycles. The Morgan fingerprint density at radius 3 is 2.79 bits per heavy atom. The van der Waals surface area contributed by atoms with Crippen LogP contribution >= 0.6 is 15.9 Å². The highest BCUT2D eigenvalue weighted by Gasteiger charge is 2.05. The third-order valence-electron chi connectivity index (χ3n) is 1.69. The van der Waals surface area contributed by atoms with Crippen molar-refractivity contribution in [2.45, 2.75) is 0 Å². The van der Waals surface area contributed by atoms with Gasteiger partial charge in [0.1, 0.15) is 0 Å². The summed E-state index contributed by atoms with van der Waals surface area (Å²) in [7, 11) is 0. The number of halogens is 1. The fourth-order valence-electron chi connectivity index (χ4n) is 0.973. The van der Waals surface area contributed by atoms with Crippen LogP contribution in [0.25, 0.3) is 0 Å². The van der Waals surface area contributed by atoms with Crippen molar-refractivity contribution >= 4 is 27.5 Å². The summed E-state index contributed by atoms with van der Waals surface area (Å²) < 4.78 is 0.785. The van der Waals surface area contributed by atoms with Gasteiger partial charge in [0.05, 0.1) is 0 Å². The van der Waals surface area contributed by atoms with E-state index in [0.717, 1.165) is 4.47 Å². The van der Waals surface area contributed by atoms with Gasteiger partial charge in [-0.15, -0.1) is 0 Å². The molecule has 0 aliphatic heterocycles. The van der Waals surface area contributed by atoms with E-state index in [-0.39, 0.29) is 5.91 Å². The Bertz CT molecular complexity index is 341. The fraction of sp³-hybridized carbons (Fsp3) is 0.222. The van der Waals surface area contributed by atoms with Crippen LogP contribution in [-0.2, 0) is 0 Å². The third kappa shape index (κ3) is 2.71. The van der Waals surface area contributed by atoms with E-state index in [1.807, 2.05) is 0 Å². The van der Waals surface area contributed by atoms with Gasteiger partial charge in [0.15, 0.2) is 0 Å². The molecule has 14 heavy (non-hydrogen) atoms. The second kappa shape index (κ2) is 4.97. The van der Waals surface area contributed by atoms with Gasteiger partial charge in [-0.25, -0.2) is 0 Å². The van der Waals surface area contributed by atoms with Gasteiger partial charge in [-0.3, -0.25) is 4.79 Å². The molecule has 0 aliphatic rings. The number of anilines is 1. The number of amides is 1. The van der Waals surface area contributed by atoms with E-state index in [1.54, 1.807) is 18.2 Å². The Balaban J connectivity index is 2.76. The van der Waals surface area contributed by atoms with Crippen LogP contribution < -0.4 is 16.8 Å². The number of hydrogen-bond donors (Lipinski definition) is 3. The minimum atomic E-state index is -0.158. The maximum Gasteiger partial charge on any atom is 0.251 e. The van der Waals surface area contributed by atoms with Gasteiger partial charge in [-0.1, -0.05) is 0 Å². The molecule has 0 saturated carbocycles. The van der Waals surface area contributed by atoms with E-state index < -0.39 is 0 Å². The second-order valence-electron chi connectivity index (χ2n) is 2.78. The lowest BCUT2D eigenvalue weighted by Crippen LogP contribution is -2.28. The first-order valence-corrected chi connectivity index (χ1v) is 4.97. The van der Waals surface area contributed by atoms with Crippen LogP contribution in [0.2, 0.25) is 0 Å². The molecule has 76 valence electrons. The number of hydrogen-bond acceptors (Lipinski definition) is 3. The molecule has 5 N–H and O–H groups in total. The van der Waals surface area contributed by atoms with Crippen LogP contribution in [0, 0.1) is 0 Å². The van der Waals surface area contributed by atoms with Gasteiger partial charge >= 0.3 is 0 Å². The van der Waals surface area contributed by atoms with Crippen molar-refractivity contribution in [3.05, 3.63) is 28.2 Å². The van der Waals surface area contributed by atoms with Gasteiger partial charge < -0.3 is 16.8 Å². The van der Waals surface area contributed by atoms with E-state index in [2.05, 4.69) is 21.2 Å². The predicted molar refractivity (Wildman–Crippen MR) is 59.9 cm³/mol. The summed E-state index contributed by atoms with van der Waals surface area (Å²) in [5.41, 5.74) is 12.0. The number of benzene rings is 1. The monoisotopic (exact) mass is 257 g/mol. The molecule has 0 aromatic heterocycles. The van der Waals surface area contributed by atoms with E-state index >= 15 is 0 Å². The summed E-state index contributed by atoms with van der Waals surface area (Å²) in [6.07, 6.45) is 0. The van der Waals surface area contributed by atoms with Crippen molar-refractivity contribution < 1.29 is 4.79 Å². The molecule has 0 unspecified atom stereocenters. The SMILES string of the molecule is NCCNC(=O)c1ccc(Br)c(N)c1. The van der Waals surface area contributed by atoms with E-state index in [4.69, 9.17) is 11.5 Å². The van der Waals surface area contributed by atoms with E-state index in [1.165, 1.54) is 0 Å². The summed E-state index contributed by atoms with van der Waals surface area (Å²) >= 11 is 3.25. The van der Waals surface area contributed by atoms with Crippen LogP contribution in [0.3, 0.4) is 0 Å². The average Bonchev–Trinajstić information content (AvgIpc) is 2.18. The summed E-state index contributed by atoms with van der Waals surface area (Å²) in [4.78, 5) is 11.4. The number of carbonyl (C=O) groups excluding carboxylic acids is 1. The number of carbonyl (C=O) groups is 1. The highest BCUT2D eigenvalue weighted by Crippen LogP contribution is 2.19. The van der Waals surface area contributed by atoms with Crippen molar-refractivity contribution in [3.8, 4) is 0 Å². The van der Waals surface area contributed by atoms with Crippen LogP contribution in [-0.4, -0.2) is 19.0 Å². The van der Waals surface area contributed by atoms with Gasteiger partial charge in [0.2, 0.25) is 0 Å². The molecule has 5 heteroatoms. The number of nitrogens with two attached hydrogens (primary N) is 2. The van der Waals surface area contributed by atoms with Gasteiger partial charge in [0.25, 0.3) is 5.91 Å². The molecule has 0 saturated heterocycles. The summed E-state index contributed by atoms with van der Waals surface area (Å²) in [6.45, 7) is 0.895. The minimum Gasteiger partial charge on any atom is -0.398 e. The molecule has 1 aromatic carbocycles. The van der Waals surface area contributed by atoms with Crippen LogP contribution in [0.5, 0.6) is 0 Å². The molecule has 0 fully saturated rings. The molecule has 0 spiro atoms. The second-order valence-corrected chi connectivity index (χ2v) is 3.64. The summed E-state index contributed by atoms with van der Waals surface area (Å²) in [5.74, 6) is -0.158. The first-order chi connectivity index (χ1) is 6.65. The van der Waals surface area contributed by atoms with E-state index in [9.17, 15) is 4.79 Å². The lowest BCUT2D eigenvalue weighted by molar-refractivity contribution is 0.0955. The first kappa shape index (κ1) is 11.0. The maximum atomic E-state index is 11.4. The van der Waals surface area contributed by atoms with Crippen molar-refractivity contribution in [1.29, 1.82) is 0 Å². The Hall–Kier alpha value is -1.07. The minimum absolute atomic E-state index is 0.158. The molecule has 1 rings (SSSR count). The largest absolute Gasteiger partial charge is 0.398 e. The van der Waals surface area contributed by atoms with Crippen LogP contribution in [0.4, 0.5) is 5.69 Å². The van der Waals surface area contributed by atoms with Gasteiger partial charge in [-0.2, -0.15) is 0 Å². The molecule has 0 atom stereocenters. The fourth-order valence-corrected chi connectivity index (χ4v) is 1.22. The summed E-state index contributed by atoms with van der Waals surface area (Å²) in [5, 5.41) is 2.66. The predicted octanol–water partition coefficient (Wildman–Crippen LogP) is 0.720. The Labute approximate surface area is 90.8 Å². The molecular formula is C9H12BrN3O. The highest BCUT2D eigenvalue weighted by atomic mass is 79.9. The lowest BCUT2D eigenvalue weighted by Gasteiger charge is -2.04. The zero-order valence-electron chi connectivity index (χ0n) is 7.59. The summed E-state index contributed by atoms with van der Waals surface area (Å²) in [6, 6.07) is 5.06. The lowest BCUT2D eigenvalue weighted by atomic mass is 10.2. The van der Waals surface area contributed by atoms with Crippen LogP contribution in [0.1, 0.15) is 10.4 Å². The number of nitrogen functional groups attached to an aromatic ring is 1. The Morgan fingerprint density at radius 2 is 2.21 bits per heavy atom.